The molecule has 0 saturated heterocycles. The quantitative estimate of drug-likeness (QED) is 0.921. The molecule has 1 unspecified atom stereocenters. The van der Waals surface area contributed by atoms with Crippen molar-refractivity contribution in [2.75, 3.05) is 7.05 Å². The Balaban J connectivity index is 1.99. The average molecular weight is 262 g/mol. The van der Waals surface area contributed by atoms with Gasteiger partial charge in [-0.05, 0) is 33.7 Å². The van der Waals surface area contributed by atoms with E-state index in [1.165, 1.54) is 23.4 Å². The highest BCUT2D eigenvalue weighted by Crippen LogP contribution is 2.40. The van der Waals surface area contributed by atoms with Crippen molar-refractivity contribution in [3.05, 3.63) is 23.1 Å². The van der Waals surface area contributed by atoms with Gasteiger partial charge in [0.05, 0.1) is 23.9 Å². The van der Waals surface area contributed by atoms with Crippen molar-refractivity contribution in [1.82, 2.24) is 19.9 Å². The SMILES string of the molecule is CNC(C)c1sc(-c2cncn2C2CC2)nc1C. The number of hydrogen-bond acceptors (Lipinski definition) is 4. The third kappa shape index (κ3) is 1.97. The van der Waals surface area contributed by atoms with E-state index >= 15 is 0 Å². The molecular formula is C13H18N4S. The molecular weight excluding hydrogens is 244 g/mol. The summed E-state index contributed by atoms with van der Waals surface area (Å²) >= 11 is 1.77. The van der Waals surface area contributed by atoms with Gasteiger partial charge in [0.25, 0.3) is 0 Å². The van der Waals surface area contributed by atoms with E-state index in [1.54, 1.807) is 11.3 Å². The first kappa shape index (κ1) is 11.9. The van der Waals surface area contributed by atoms with Crippen LogP contribution < -0.4 is 5.32 Å². The molecule has 0 amide bonds. The maximum Gasteiger partial charge on any atom is 0.142 e. The Morgan fingerprint density at radius 2 is 2.28 bits per heavy atom. The number of hydrogen-bond donors (Lipinski definition) is 1. The summed E-state index contributed by atoms with van der Waals surface area (Å²) in [7, 11) is 1.98. The van der Waals surface area contributed by atoms with E-state index in [2.05, 4.69) is 28.7 Å². The number of nitrogens with one attached hydrogen (secondary N) is 1. The first-order valence-electron chi connectivity index (χ1n) is 6.37. The maximum absolute atomic E-state index is 4.71. The molecule has 2 aromatic heterocycles. The van der Waals surface area contributed by atoms with E-state index in [0.717, 1.165) is 10.7 Å². The second-order valence-corrected chi connectivity index (χ2v) is 5.93. The molecule has 1 fully saturated rings. The topological polar surface area (TPSA) is 42.7 Å². The van der Waals surface area contributed by atoms with Crippen LogP contribution in [0.5, 0.6) is 0 Å². The van der Waals surface area contributed by atoms with Crippen molar-refractivity contribution in [1.29, 1.82) is 0 Å². The third-order valence-electron chi connectivity index (χ3n) is 3.48. The van der Waals surface area contributed by atoms with Gasteiger partial charge in [-0.15, -0.1) is 11.3 Å². The molecule has 1 atom stereocenters. The highest BCUT2D eigenvalue weighted by Gasteiger charge is 2.27. The van der Waals surface area contributed by atoms with Gasteiger partial charge >= 0.3 is 0 Å². The summed E-state index contributed by atoms with van der Waals surface area (Å²) in [5.41, 5.74) is 2.29. The second-order valence-electron chi connectivity index (χ2n) is 4.90. The molecule has 2 aromatic rings. The largest absolute Gasteiger partial charge is 0.326 e. The molecule has 1 N–H and O–H groups in total. The number of nitrogens with zero attached hydrogens (tertiary/aromatic N) is 3. The van der Waals surface area contributed by atoms with Crippen molar-refractivity contribution in [2.24, 2.45) is 0 Å². The Hall–Kier alpha value is -1.20. The van der Waals surface area contributed by atoms with Crippen molar-refractivity contribution in [3.8, 4) is 10.7 Å². The van der Waals surface area contributed by atoms with Crippen LogP contribution in [0.4, 0.5) is 0 Å². The highest BCUT2D eigenvalue weighted by atomic mass is 32.1. The molecule has 0 spiro atoms. The van der Waals surface area contributed by atoms with Crippen molar-refractivity contribution < 1.29 is 0 Å². The minimum atomic E-state index is 0.355. The summed E-state index contributed by atoms with van der Waals surface area (Å²) in [6, 6.07) is 1.01. The number of thiazole rings is 1. The number of rotatable bonds is 4. The molecule has 2 heterocycles. The summed E-state index contributed by atoms with van der Waals surface area (Å²) in [6.45, 7) is 4.25. The predicted molar refractivity (Wildman–Crippen MR) is 73.8 cm³/mol. The number of aromatic nitrogens is 3. The standard InChI is InChI=1S/C13H18N4S/c1-8(14-3)12-9(2)16-13(18-12)11-6-15-7-17(11)10-4-5-10/h6-8,10,14H,4-5H2,1-3H3. The summed E-state index contributed by atoms with van der Waals surface area (Å²) in [5, 5.41) is 4.37. The van der Waals surface area contributed by atoms with Crippen LogP contribution in [-0.2, 0) is 0 Å². The lowest BCUT2D eigenvalue weighted by Gasteiger charge is -2.07. The first-order chi connectivity index (χ1) is 8.70. The van der Waals surface area contributed by atoms with E-state index in [1.807, 2.05) is 19.6 Å². The monoisotopic (exact) mass is 262 g/mol. The molecule has 0 aromatic carbocycles. The van der Waals surface area contributed by atoms with Crippen LogP contribution in [0.2, 0.25) is 0 Å². The molecule has 1 aliphatic rings. The van der Waals surface area contributed by atoms with Gasteiger partial charge in [-0.1, -0.05) is 0 Å². The van der Waals surface area contributed by atoms with E-state index in [-0.39, 0.29) is 0 Å². The maximum atomic E-state index is 4.71. The van der Waals surface area contributed by atoms with E-state index in [9.17, 15) is 0 Å². The number of aryl methyl sites for hydroxylation is 1. The molecule has 1 saturated carbocycles. The zero-order chi connectivity index (χ0) is 12.7. The lowest BCUT2D eigenvalue weighted by molar-refractivity contribution is 0.658. The van der Waals surface area contributed by atoms with Gasteiger partial charge in [0, 0.05) is 17.0 Å². The fourth-order valence-corrected chi connectivity index (χ4v) is 3.31. The van der Waals surface area contributed by atoms with Crippen LogP contribution in [0.15, 0.2) is 12.5 Å². The summed E-state index contributed by atoms with van der Waals surface area (Å²) in [4.78, 5) is 10.3. The lowest BCUT2D eigenvalue weighted by Crippen LogP contribution is -2.11. The molecule has 18 heavy (non-hydrogen) atoms. The van der Waals surface area contributed by atoms with Crippen LogP contribution in [0, 0.1) is 6.92 Å². The first-order valence-corrected chi connectivity index (χ1v) is 7.19. The predicted octanol–water partition coefficient (Wildman–Crippen LogP) is 2.93. The lowest BCUT2D eigenvalue weighted by atomic mass is 10.2. The minimum Gasteiger partial charge on any atom is -0.326 e. The molecule has 4 nitrogen and oxygen atoms in total. The normalized spacial score (nSPS) is 17.1. The van der Waals surface area contributed by atoms with Crippen molar-refractivity contribution in [3.63, 3.8) is 0 Å². The Kier molecular flexibility index (Phi) is 2.95. The van der Waals surface area contributed by atoms with E-state index in [0.29, 0.717) is 12.1 Å². The zero-order valence-corrected chi connectivity index (χ0v) is 11.8. The van der Waals surface area contributed by atoms with Crippen molar-refractivity contribution >= 4 is 11.3 Å². The molecule has 5 heteroatoms. The Labute approximate surface area is 111 Å². The van der Waals surface area contributed by atoms with Crippen LogP contribution in [0.1, 0.15) is 42.4 Å². The molecule has 0 radical (unpaired) electrons. The smallest absolute Gasteiger partial charge is 0.142 e. The second kappa shape index (κ2) is 4.48. The molecule has 96 valence electrons. The molecule has 0 aliphatic heterocycles. The summed E-state index contributed by atoms with van der Waals surface area (Å²) in [5.74, 6) is 0. The van der Waals surface area contributed by atoms with Crippen LogP contribution in [0.25, 0.3) is 10.7 Å². The average Bonchev–Trinajstić information content (AvgIpc) is 2.97. The van der Waals surface area contributed by atoms with Crippen LogP contribution in [0.3, 0.4) is 0 Å². The van der Waals surface area contributed by atoms with Gasteiger partial charge < -0.3 is 9.88 Å². The Morgan fingerprint density at radius 1 is 1.50 bits per heavy atom. The van der Waals surface area contributed by atoms with Gasteiger partial charge in [0.1, 0.15) is 5.01 Å². The Bertz CT molecular complexity index is 553. The minimum absolute atomic E-state index is 0.355. The van der Waals surface area contributed by atoms with Gasteiger partial charge in [-0.25, -0.2) is 9.97 Å². The van der Waals surface area contributed by atoms with Gasteiger partial charge in [-0.3, -0.25) is 0 Å². The third-order valence-corrected chi connectivity index (χ3v) is 4.85. The molecule has 0 bridgehead atoms. The molecule has 1 aliphatic carbocycles. The van der Waals surface area contributed by atoms with Crippen LogP contribution >= 0.6 is 11.3 Å². The molecule has 3 rings (SSSR count). The fourth-order valence-electron chi connectivity index (χ4n) is 2.16. The number of imidazole rings is 1. The highest BCUT2D eigenvalue weighted by molar-refractivity contribution is 7.15. The van der Waals surface area contributed by atoms with E-state index in [4.69, 9.17) is 4.98 Å². The van der Waals surface area contributed by atoms with E-state index < -0.39 is 0 Å². The van der Waals surface area contributed by atoms with Crippen molar-refractivity contribution in [2.45, 2.75) is 38.8 Å². The fraction of sp³-hybridized carbons (Fsp3) is 0.538. The zero-order valence-electron chi connectivity index (χ0n) is 11.0. The van der Waals surface area contributed by atoms with Gasteiger partial charge in [0.15, 0.2) is 0 Å². The van der Waals surface area contributed by atoms with Gasteiger partial charge in [0.2, 0.25) is 0 Å². The van der Waals surface area contributed by atoms with Gasteiger partial charge in [-0.2, -0.15) is 0 Å². The summed E-state index contributed by atoms with van der Waals surface area (Å²) in [6.07, 6.45) is 6.41. The Morgan fingerprint density at radius 3 is 2.94 bits per heavy atom. The summed E-state index contributed by atoms with van der Waals surface area (Å²) < 4.78 is 2.27. The van der Waals surface area contributed by atoms with Crippen LogP contribution in [-0.4, -0.2) is 21.6 Å².